The lowest BCUT2D eigenvalue weighted by molar-refractivity contribution is 0.0939. The van der Waals surface area contributed by atoms with Crippen molar-refractivity contribution in [3.8, 4) is 0 Å². The van der Waals surface area contributed by atoms with E-state index in [1.165, 1.54) is 5.56 Å². The van der Waals surface area contributed by atoms with Gasteiger partial charge in [0.05, 0.1) is 0 Å². The van der Waals surface area contributed by atoms with Crippen LogP contribution in [0.3, 0.4) is 0 Å². The lowest BCUT2D eigenvalue weighted by atomic mass is 9.99. The van der Waals surface area contributed by atoms with Gasteiger partial charge in [0.25, 0.3) is 5.91 Å². The van der Waals surface area contributed by atoms with E-state index in [0.717, 1.165) is 36.2 Å². The number of nitrogens with one attached hydrogen (secondary N) is 2. The molecule has 1 fully saturated rings. The monoisotopic (exact) mass is 268 g/mol. The molecule has 1 heterocycles. The molecular formula is C14H21ClN2O. The van der Waals surface area contributed by atoms with Gasteiger partial charge in [-0.25, -0.2) is 0 Å². The maximum absolute atomic E-state index is 12.2. The summed E-state index contributed by atoms with van der Waals surface area (Å²) in [5, 5.41) is 6.35. The first-order valence-corrected chi connectivity index (χ1v) is 6.17. The van der Waals surface area contributed by atoms with Gasteiger partial charge in [0.2, 0.25) is 0 Å². The van der Waals surface area contributed by atoms with Gasteiger partial charge in [0, 0.05) is 18.2 Å². The summed E-state index contributed by atoms with van der Waals surface area (Å²) in [6.45, 7) is 7.94. The highest BCUT2D eigenvalue weighted by Gasteiger charge is 2.19. The molecule has 1 saturated heterocycles. The normalized spacial score (nSPS) is 18.3. The van der Waals surface area contributed by atoms with Gasteiger partial charge in [-0.2, -0.15) is 0 Å². The second kappa shape index (κ2) is 6.21. The van der Waals surface area contributed by atoms with E-state index in [1.54, 1.807) is 0 Å². The Bertz CT molecular complexity index is 416. The number of hydrogen-bond acceptors (Lipinski definition) is 2. The number of benzene rings is 1. The molecule has 1 aliphatic rings. The van der Waals surface area contributed by atoms with Crippen molar-refractivity contribution in [3.05, 3.63) is 34.4 Å². The Morgan fingerprint density at radius 3 is 2.39 bits per heavy atom. The molecule has 1 aliphatic heterocycles. The minimum Gasteiger partial charge on any atom is -0.348 e. The third-order valence-electron chi connectivity index (χ3n) is 3.30. The Morgan fingerprint density at radius 1 is 1.28 bits per heavy atom. The van der Waals surface area contributed by atoms with Gasteiger partial charge in [-0.05, 0) is 44.9 Å². The minimum atomic E-state index is 0. The highest BCUT2D eigenvalue weighted by molar-refractivity contribution is 5.97. The highest BCUT2D eigenvalue weighted by Crippen LogP contribution is 2.16. The van der Waals surface area contributed by atoms with E-state index in [2.05, 4.69) is 29.7 Å². The van der Waals surface area contributed by atoms with Crippen LogP contribution in [0, 0.1) is 20.8 Å². The minimum absolute atomic E-state index is 0. The smallest absolute Gasteiger partial charge is 0.252 e. The van der Waals surface area contributed by atoms with Crippen molar-refractivity contribution in [2.24, 2.45) is 0 Å². The van der Waals surface area contributed by atoms with Gasteiger partial charge in [-0.3, -0.25) is 4.79 Å². The van der Waals surface area contributed by atoms with Crippen LogP contribution in [0.25, 0.3) is 0 Å². The molecule has 100 valence electrons. The molecule has 0 aromatic heterocycles. The molecule has 1 aromatic rings. The summed E-state index contributed by atoms with van der Waals surface area (Å²) in [6.07, 6.45) is 1.02. The van der Waals surface area contributed by atoms with Crippen LogP contribution in [-0.2, 0) is 0 Å². The number of aryl methyl sites for hydroxylation is 3. The van der Waals surface area contributed by atoms with Crippen LogP contribution >= 0.6 is 12.4 Å². The number of carbonyl (C=O) groups is 1. The molecule has 4 heteroatoms. The average Bonchev–Trinajstić information content (AvgIpc) is 2.68. The Kier molecular flexibility index (Phi) is 5.17. The molecule has 3 nitrogen and oxygen atoms in total. The van der Waals surface area contributed by atoms with E-state index in [0.29, 0.717) is 0 Å². The summed E-state index contributed by atoms with van der Waals surface area (Å²) in [5.41, 5.74) is 4.17. The summed E-state index contributed by atoms with van der Waals surface area (Å²) in [5.74, 6) is 0.0636. The third kappa shape index (κ3) is 3.24. The van der Waals surface area contributed by atoms with Crippen LogP contribution < -0.4 is 10.6 Å². The largest absolute Gasteiger partial charge is 0.348 e. The summed E-state index contributed by atoms with van der Waals surface area (Å²) < 4.78 is 0. The quantitative estimate of drug-likeness (QED) is 0.863. The SMILES string of the molecule is Cc1cc(C)c(C(=O)NC2CCNC2)c(C)c1.Cl. The molecule has 2 N–H and O–H groups in total. The predicted octanol–water partition coefficient (Wildman–Crippen LogP) is 2.13. The van der Waals surface area contributed by atoms with Crippen LogP contribution in [-0.4, -0.2) is 25.0 Å². The van der Waals surface area contributed by atoms with Crippen LogP contribution in [0.15, 0.2) is 12.1 Å². The summed E-state index contributed by atoms with van der Waals surface area (Å²) >= 11 is 0. The second-order valence-electron chi connectivity index (χ2n) is 4.94. The molecule has 1 amide bonds. The molecule has 1 atom stereocenters. The molecule has 0 radical (unpaired) electrons. The fraction of sp³-hybridized carbons (Fsp3) is 0.500. The molecule has 1 aromatic carbocycles. The van der Waals surface area contributed by atoms with Crippen molar-refractivity contribution in [1.29, 1.82) is 0 Å². The number of carbonyl (C=O) groups excluding carboxylic acids is 1. The van der Waals surface area contributed by atoms with Crippen molar-refractivity contribution in [2.75, 3.05) is 13.1 Å². The fourth-order valence-corrected chi connectivity index (χ4v) is 2.57. The number of amides is 1. The average molecular weight is 269 g/mol. The lowest BCUT2D eigenvalue weighted by Gasteiger charge is -2.15. The standard InChI is InChI=1S/C14H20N2O.ClH/c1-9-6-10(2)13(11(3)7-9)14(17)16-12-4-5-15-8-12;/h6-7,12,15H,4-5,8H2,1-3H3,(H,16,17);1H. The summed E-state index contributed by atoms with van der Waals surface area (Å²) in [6, 6.07) is 4.41. The highest BCUT2D eigenvalue weighted by atomic mass is 35.5. The molecular weight excluding hydrogens is 248 g/mol. The predicted molar refractivity (Wildman–Crippen MR) is 76.6 cm³/mol. The van der Waals surface area contributed by atoms with Crippen molar-refractivity contribution < 1.29 is 4.79 Å². The van der Waals surface area contributed by atoms with E-state index < -0.39 is 0 Å². The maximum atomic E-state index is 12.2. The van der Waals surface area contributed by atoms with Gasteiger partial charge < -0.3 is 10.6 Å². The summed E-state index contributed by atoms with van der Waals surface area (Å²) in [4.78, 5) is 12.2. The van der Waals surface area contributed by atoms with Gasteiger partial charge in [0.1, 0.15) is 0 Å². The Balaban J connectivity index is 0.00000162. The molecule has 18 heavy (non-hydrogen) atoms. The Hall–Kier alpha value is -1.06. The van der Waals surface area contributed by atoms with Gasteiger partial charge in [0.15, 0.2) is 0 Å². The molecule has 0 bridgehead atoms. The first kappa shape index (κ1) is 15.0. The first-order chi connectivity index (χ1) is 8.08. The van der Waals surface area contributed by atoms with Gasteiger partial charge in [-0.15, -0.1) is 12.4 Å². The van der Waals surface area contributed by atoms with E-state index in [4.69, 9.17) is 0 Å². The molecule has 2 rings (SSSR count). The zero-order valence-corrected chi connectivity index (χ0v) is 12.0. The number of halogens is 1. The zero-order chi connectivity index (χ0) is 12.4. The van der Waals surface area contributed by atoms with Gasteiger partial charge >= 0.3 is 0 Å². The van der Waals surface area contributed by atoms with Crippen molar-refractivity contribution in [1.82, 2.24) is 10.6 Å². The summed E-state index contributed by atoms with van der Waals surface area (Å²) in [7, 11) is 0. The Labute approximate surface area is 115 Å². The van der Waals surface area contributed by atoms with Gasteiger partial charge in [-0.1, -0.05) is 17.7 Å². The van der Waals surface area contributed by atoms with Crippen molar-refractivity contribution in [2.45, 2.75) is 33.2 Å². The second-order valence-corrected chi connectivity index (χ2v) is 4.94. The third-order valence-corrected chi connectivity index (χ3v) is 3.30. The molecule has 0 aliphatic carbocycles. The van der Waals surface area contributed by atoms with Crippen molar-refractivity contribution in [3.63, 3.8) is 0 Å². The lowest BCUT2D eigenvalue weighted by Crippen LogP contribution is -2.36. The van der Waals surface area contributed by atoms with E-state index in [-0.39, 0.29) is 24.4 Å². The van der Waals surface area contributed by atoms with Crippen molar-refractivity contribution >= 4 is 18.3 Å². The molecule has 0 spiro atoms. The first-order valence-electron chi connectivity index (χ1n) is 6.17. The molecule has 0 saturated carbocycles. The number of hydrogen-bond donors (Lipinski definition) is 2. The van der Waals surface area contributed by atoms with Crippen LogP contribution in [0.1, 0.15) is 33.5 Å². The number of rotatable bonds is 2. The van der Waals surface area contributed by atoms with Crippen LogP contribution in [0.2, 0.25) is 0 Å². The van der Waals surface area contributed by atoms with Crippen LogP contribution in [0.4, 0.5) is 0 Å². The van der Waals surface area contributed by atoms with E-state index >= 15 is 0 Å². The molecule has 1 unspecified atom stereocenters. The van der Waals surface area contributed by atoms with E-state index in [1.807, 2.05) is 13.8 Å². The zero-order valence-electron chi connectivity index (χ0n) is 11.2. The topological polar surface area (TPSA) is 41.1 Å². The fourth-order valence-electron chi connectivity index (χ4n) is 2.57. The Morgan fingerprint density at radius 2 is 1.89 bits per heavy atom. The van der Waals surface area contributed by atoms with E-state index in [9.17, 15) is 4.79 Å². The van der Waals surface area contributed by atoms with Crippen LogP contribution in [0.5, 0.6) is 0 Å². The maximum Gasteiger partial charge on any atom is 0.252 e.